The van der Waals surface area contributed by atoms with Crippen molar-refractivity contribution in [3.05, 3.63) is 29.8 Å². The standard InChI is InChI=1S/C15H22F3NO2/c1-4-19-13(10-20-11(2)3)9-12-5-7-14(8-6-12)21-15(16,17)18/h5-8,11,13,19H,4,9-10H2,1-3H3. The van der Waals surface area contributed by atoms with Crippen LogP contribution in [0, 0.1) is 0 Å². The van der Waals surface area contributed by atoms with E-state index in [0.29, 0.717) is 13.0 Å². The highest BCUT2D eigenvalue weighted by molar-refractivity contribution is 5.28. The average Bonchev–Trinajstić information content (AvgIpc) is 2.37. The molecule has 0 fully saturated rings. The number of alkyl halides is 3. The first kappa shape index (κ1) is 17.8. The Labute approximate surface area is 123 Å². The zero-order chi connectivity index (χ0) is 15.9. The molecule has 0 spiro atoms. The molecule has 0 bridgehead atoms. The van der Waals surface area contributed by atoms with E-state index >= 15 is 0 Å². The Balaban J connectivity index is 2.58. The SMILES string of the molecule is CCNC(COC(C)C)Cc1ccc(OC(F)(F)F)cc1. The zero-order valence-corrected chi connectivity index (χ0v) is 12.5. The first-order valence-electron chi connectivity index (χ1n) is 7.00. The van der Waals surface area contributed by atoms with Crippen molar-refractivity contribution in [2.45, 2.75) is 45.7 Å². The van der Waals surface area contributed by atoms with Crippen molar-refractivity contribution in [3.63, 3.8) is 0 Å². The van der Waals surface area contributed by atoms with E-state index in [2.05, 4.69) is 10.1 Å². The number of hydrogen-bond acceptors (Lipinski definition) is 3. The summed E-state index contributed by atoms with van der Waals surface area (Å²) in [5.74, 6) is -0.204. The molecule has 0 aliphatic rings. The third-order valence-electron chi connectivity index (χ3n) is 2.76. The number of hydrogen-bond donors (Lipinski definition) is 1. The topological polar surface area (TPSA) is 30.5 Å². The lowest BCUT2D eigenvalue weighted by molar-refractivity contribution is -0.274. The average molecular weight is 305 g/mol. The Bertz CT molecular complexity index is 404. The molecule has 1 aromatic rings. The van der Waals surface area contributed by atoms with E-state index < -0.39 is 6.36 Å². The number of rotatable bonds is 8. The van der Waals surface area contributed by atoms with Crippen LogP contribution < -0.4 is 10.1 Å². The van der Waals surface area contributed by atoms with Gasteiger partial charge < -0.3 is 14.8 Å². The van der Waals surface area contributed by atoms with Gasteiger partial charge in [-0.05, 0) is 44.5 Å². The molecule has 1 rings (SSSR count). The molecule has 0 aromatic heterocycles. The van der Waals surface area contributed by atoms with Crippen LogP contribution in [0.5, 0.6) is 5.75 Å². The zero-order valence-electron chi connectivity index (χ0n) is 12.5. The summed E-state index contributed by atoms with van der Waals surface area (Å²) in [7, 11) is 0. The highest BCUT2D eigenvalue weighted by Gasteiger charge is 2.30. The largest absolute Gasteiger partial charge is 0.573 e. The highest BCUT2D eigenvalue weighted by atomic mass is 19.4. The van der Waals surface area contributed by atoms with Gasteiger partial charge in [0.05, 0.1) is 12.7 Å². The van der Waals surface area contributed by atoms with Crippen molar-refractivity contribution in [3.8, 4) is 5.75 Å². The lowest BCUT2D eigenvalue weighted by Gasteiger charge is -2.19. The molecule has 1 aromatic carbocycles. The maximum Gasteiger partial charge on any atom is 0.573 e. The molecule has 1 atom stereocenters. The normalized spacial score (nSPS) is 13.5. The van der Waals surface area contributed by atoms with Gasteiger partial charge in [-0.2, -0.15) is 0 Å². The predicted octanol–water partition coefficient (Wildman–Crippen LogP) is 3.53. The molecule has 6 heteroatoms. The van der Waals surface area contributed by atoms with E-state index in [4.69, 9.17) is 4.74 Å². The van der Waals surface area contributed by atoms with Gasteiger partial charge in [-0.1, -0.05) is 19.1 Å². The molecule has 21 heavy (non-hydrogen) atoms. The molecule has 0 heterocycles. The van der Waals surface area contributed by atoms with Crippen LogP contribution in [0.3, 0.4) is 0 Å². The second-order valence-corrected chi connectivity index (χ2v) is 5.03. The summed E-state index contributed by atoms with van der Waals surface area (Å²) in [6.45, 7) is 7.30. The van der Waals surface area contributed by atoms with Crippen LogP contribution in [0.15, 0.2) is 24.3 Å². The van der Waals surface area contributed by atoms with Gasteiger partial charge >= 0.3 is 6.36 Å². The lowest BCUT2D eigenvalue weighted by Crippen LogP contribution is -2.36. The third kappa shape index (κ3) is 7.92. The van der Waals surface area contributed by atoms with E-state index in [1.54, 1.807) is 12.1 Å². The first-order valence-corrected chi connectivity index (χ1v) is 7.00. The molecule has 0 saturated heterocycles. The second-order valence-electron chi connectivity index (χ2n) is 5.03. The minimum Gasteiger partial charge on any atom is -0.406 e. The van der Waals surface area contributed by atoms with Crippen molar-refractivity contribution in [2.75, 3.05) is 13.2 Å². The Kier molecular flexibility index (Phi) is 6.98. The predicted molar refractivity (Wildman–Crippen MR) is 75.4 cm³/mol. The fourth-order valence-electron chi connectivity index (χ4n) is 1.90. The summed E-state index contributed by atoms with van der Waals surface area (Å²) >= 11 is 0. The maximum absolute atomic E-state index is 12.1. The summed E-state index contributed by atoms with van der Waals surface area (Å²) in [5, 5.41) is 3.30. The summed E-state index contributed by atoms with van der Waals surface area (Å²) in [6, 6.07) is 6.07. The minimum atomic E-state index is -4.65. The van der Waals surface area contributed by atoms with Crippen LogP contribution in [-0.2, 0) is 11.2 Å². The van der Waals surface area contributed by atoms with Crippen LogP contribution in [0.1, 0.15) is 26.3 Å². The molecule has 0 amide bonds. The fourth-order valence-corrected chi connectivity index (χ4v) is 1.90. The number of nitrogens with one attached hydrogen (secondary N) is 1. The van der Waals surface area contributed by atoms with E-state index in [0.717, 1.165) is 12.1 Å². The van der Waals surface area contributed by atoms with Gasteiger partial charge in [0.2, 0.25) is 0 Å². The maximum atomic E-state index is 12.1. The van der Waals surface area contributed by atoms with Crippen LogP contribution in [0.4, 0.5) is 13.2 Å². The molecule has 120 valence electrons. The van der Waals surface area contributed by atoms with Crippen LogP contribution >= 0.6 is 0 Å². The monoisotopic (exact) mass is 305 g/mol. The Morgan fingerprint density at radius 1 is 1.14 bits per heavy atom. The van der Waals surface area contributed by atoms with E-state index in [1.165, 1.54) is 12.1 Å². The van der Waals surface area contributed by atoms with Gasteiger partial charge in [-0.25, -0.2) is 0 Å². The van der Waals surface area contributed by atoms with Gasteiger partial charge in [0.15, 0.2) is 0 Å². The van der Waals surface area contributed by atoms with E-state index in [1.807, 2.05) is 20.8 Å². The molecule has 0 aliphatic carbocycles. The quantitative estimate of drug-likeness (QED) is 0.797. The Morgan fingerprint density at radius 3 is 2.24 bits per heavy atom. The van der Waals surface area contributed by atoms with Crippen molar-refractivity contribution in [1.82, 2.24) is 5.32 Å². The van der Waals surface area contributed by atoms with Gasteiger partial charge in [-0.15, -0.1) is 13.2 Å². The molecule has 1 unspecified atom stereocenters. The Morgan fingerprint density at radius 2 is 1.76 bits per heavy atom. The molecule has 3 nitrogen and oxygen atoms in total. The molecule has 0 saturated carbocycles. The third-order valence-corrected chi connectivity index (χ3v) is 2.76. The van der Waals surface area contributed by atoms with Gasteiger partial charge in [0.1, 0.15) is 5.75 Å². The number of ether oxygens (including phenoxy) is 2. The number of halogens is 3. The molecular formula is C15H22F3NO2. The van der Waals surface area contributed by atoms with Crippen molar-refractivity contribution in [1.29, 1.82) is 0 Å². The summed E-state index contributed by atoms with van der Waals surface area (Å²) in [6.07, 6.45) is -3.82. The molecule has 0 radical (unpaired) electrons. The Hall–Kier alpha value is -1.27. The number of benzene rings is 1. The van der Waals surface area contributed by atoms with Crippen LogP contribution in [-0.4, -0.2) is 31.7 Å². The minimum absolute atomic E-state index is 0.131. The summed E-state index contributed by atoms with van der Waals surface area (Å²) < 4.78 is 45.7. The summed E-state index contributed by atoms with van der Waals surface area (Å²) in [4.78, 5) is 0. The van der Waals surface area contributed by atoms with Crippen molar-refractivity contribution < 1.29 is 22.6 Å². The van der Waals surface area contributed by atoms with Gasteiger partial charge in [-0.3, -0.25) is 0 Å². The van der Waals surface area contributed by atoms with Crippen LogP contribution in [0.2, 0.25) is 0 Å². The first-order chi connectivity index (χ1) is 9.80. The van der Waals surface area contributed by atoms with Gasteiger partial charge in [0.25, 0.3) is 0 Å². The summed E-state index contributed by atoms with van der Waals surface area (Å²) in [5.41, 5.74) is 0.933. The number of likely N-dealkylation sites (N-methyl/N-ethyl adjacent to an activating group) is 1. The second kappa shape index (κ2) is 8.24. The fraction of sp³-hybridized carbons (Fsp3) is 0.600. The smallest absolute Gasteiger partial charge is 0.406 e. The van der Waals surface area contributed by atoms with Crippen molar-refractivity contribution in [2.24, 2.45) is 0 Å². The van der Waals surface area contributed by atoms with Gasteiger partial charge in [0, 0.05) is 6.04 Å². The van der Waals surface area contributed by atoms with E-state index in [-0.39, 0.29) is 17.9 Å². The van der Waals surface area contributed by atoms with Crippen molar-refractivity contribution >= 4 is 0 Å². The van der Waals surface area contributed by atoms with E-state index in [9.17, 15) is 13.2 Å². The highest BCUT2D eigenvalue weighted by Crippen LogP contribution is 2.23. The lowest BCUT2D eigenvalue weighted by atomic mass is 10.1. The molecule has 0 aliphatic heterocycles. The van der Waals surface area contributed by atoms with Crippen LogP contribution in [0.25, 0.3) is 0 Å². The molecule has 1 N–H and O–H groups in total. The molecular weight excluding hydrogens is 283 g/mol.